The van der Waals surface area contributed by atoms with Crippen molar-refractivity contribution in [3.05, 3.63) is 34.2 Å². The minimum absolute atomic E-state index is 0.187. The van der Waals surface area contributed by atoms with E-state index >= 15 is 0 Å². The number of H-pyrrole nitrogens is 1. The molecule has 20 heavy (non-hydrogen) atoms. The van der Waals surface area contributed by atoms with Crippen LogP contribution in [0.5, 0.6) is 0 Å². The summed E-state index contributed by atoms with van der Waals surface area (Å²) in [6.45, 7) is 2.83. The van der Waals surface area contributed by atoms with Gasteiger partial charge in [-0.1, -0.05) is 19.4 Å². The van der Waals surface area contributed by atoms with Crippen LogP contribution in [-0.4, -0.2) is 20.6 Å². The molecule has 2 unspecified atom stereocenters. The third-order valence-electron chi connectivity index (χ3n) is 4.27. The summed E-state index contributed by atoms with van der Waals surface area (Å²) < 4.78 is 1.60. The van der Waals surface area contributed by atoms with Gasteiger partial charge in [0.05, 0.1) is 16.6 Å². The molecule has 1 aromatic carbocycles. The second kappa shape index (κ2) is 4.81. The minimum atomic E-state index is -0.997. The summed E-state index contributed by atoms with van der Waals surface area (Å²) in [6, 6.07) is 4.95. The molecule has 2 atom stereocenters. The molecule has 1 heterocycles. The summed E-state index contributed by atoms with van der Waals surface area (Å²) >= 11 is 0. The molecule has 1 aromatic heterocycles. The van der Waals surface area contributed by atoms with Crippen LogP contribution in [0, 0.1) is 11.8 Å². The monoisotopic (exact) mass is 274 g/mol. The van der Waals surface area contributed by atoms with Gasteiger partial charge in [-0.15, -0.1) is 0 Å². The number of aromatic amines is 1. The Labute approximate surface area is 116 Å². The zero-order chi connectivity index (χ0) is 14.3. The van der Waals surface area contributed by atoms with Crippen LogP contribution < -0.4 is 5.69 Å². The summed E-state index contributed by atoms with van der Waals surface area (Å²) in [5.41, 5.74) is 1.09. The molecule has 0 spiro atoms. The van der Waals surface area contributed by atoms with Crippen molar-refractivity contribution < 1.29 is 9.90 Å². The van der Waals surface area contributed by atoms with E-state index in [-0.39, 0.29) is 11.3 Å². The lowest BCUT2D eigenvalue weighted by Crippen LogP contribution is -2.21. The zero-order valence-electron chi connectivity index (χ0n) is 11.4. The number of aromatic nitrogens is 2. The van der Waals surface area contributed by atoms with Crippen LogP contribution in [0.15, 0.2) is 23.0 Å². The van der Waals surface area contributed by atoms with E-state index in [9.17, 15) is 14.7 Å². The summed E-state index contributed by atoms with van der Waals surface area (Å²) in [4.78, 5) is 26.2. The molecule has 0 bridgehead atoms. The molecule has 5 nitrogen and oxygen atoms in total. The van der Waals surface area contributed by atoms with Gasteiger partial charge >= 0.3 is 11.7 Å². The SMILES string of the molecule is CC1CCC(Cn2c(=O)[nH]c3cccc(C(=O)O)c32)C1. The number of para-hydroxylation sites is 1. The standard InChI is InChI=1S/C15H18N2O3/c1-9-5-6-10(7-9)8-17-13-11(14(18)19)3-2-4-12(13)16-15(17)20/h2-4,9-10H,5-8H2,1H3,(H,16,20)(H,18,19). The van der Waals surface area contributed by atoms with Crippen molar-refractivity contribution in [3.63, 3.8) is 0 Å². The smallest absolute Gasteiger partial charge is 0.337 e. The number of aromatic carboxylic acids is 1. The van der Waals surface area contributed by atoms with Gasteiger partial charge in [-0.05, 0) is 36.8 Å². The number of rotatable bonds is 3. The maximum Gasteiger partial charge on any atom is 0.337 e. The largest absolute Gasteiger partial charge is 0.478 e. The lowest BCUT2D eigenvalue weighted by molar-refractivity contribution is 0.0698. The Bertz CT molecular complexity index is 713. The molecule has 2 N–H and O–H groups in total. The van der Waals surface area contributed by atoms with E-state index in [1.165, 1.54) is 6.42 Å². The first-order valence-corrected chi connectivity index (χ1v) is 7.01. The number of carbonyl (C=O) groups is 1. The van der Waals surface area contributed by atoms with Gasteiger partial charge in [0.15, 0.2) is 0 Å². The highest BCUT2D eigenvalue weighted by Crippen LogP contribution is 2.32. The first-order chi connectivity index (χ1) is 9.56. The highest BCUT2D eigenvalue weighted by molar-refractivity contribution is 6.01. The van der Waals surface area contributed by atoms with Crippen molar-refractivity contribution in [3.8, 4) is 0 Å². The molecule has 2 aromatic rings. The lowest BCUT2D eigenvalue weighted by atomic mass is 10.1. The molecule has 1 aliphatic carbocycles. The second-order valence-electron chi connectivity index (χ2n) is 5.83. The maximum atomic E-state index is 12.1. The van der Waals surface area contributed by atoms with Crippen molar-refractivity contribution >= 4 is 17.0 Å². The fourth-order valence-corrected chi connectivity index (χ4v) is 3.32. The van der Waals surface area contributed by atoms with Crippen LogP contribution in [0.4, 0.5) is 0 Å². The number of benzene rings is 1. The average molecular weight is 274 g/mol. The van der Waals surface area contributed by atoms with E-state index in [2.05, 4.69) is 11.9 Å². The molecule has 0 saturated heterocycles. The number of nitrogens with zero attached hydrogens (tertiary/aromatic N) is 1. The normalized spacial score (nSPS) is 22.4. The molecule has 1 saturated carbocycles. The Kier molecular flexibility index (Phi) is 3.12. The number of carboxylic acids is 1. The molecular weight excluding hydrogens is 256 g/mol. The van der Waals surface area contributed by atoms with Gasteiger partial charge in [-0.25, -0.2) is 9.59 Å². The van der Waals surface area contributed by atoms with Crippen LogP contribution in [0.3, 0.4) is 0 Å². The number of nitrogens with one attached hydrogen (secondary N) is 1. The highest BCUT2D eigenvalue weighted by Gasteiger charge is 2.24. The van der Waals surface area contributed by atoms with E-state index in [0.29, 0.717) is 29.4 Å². The van der Waals surface area contributed by atoms with Crippen molar-refractivity contribution in [2.45, 2.75) is 32.7 Å². The van der Waals surface area contributed by atoms with E-state index in [0.717, 1.165) is 12.8 Å². The maximum absolute atomic E-state index is 12.1. The number of imidazole rings is 1. The van der Waals surface area contributed by atoms with Crippen molar-refractivity contribution in [2.24, 2.45) is 11.8 Å². The van der Waals surface area contributed by atoms with Gasteiger partial charge in [0.1, 0.15) is 0 Å². The molecule has 5 heteroatoms. The first kappa shape index (κ1) is 13.0. The topological polar surface area (TPSA) is 75.1 Å². The van der Waals surface area contributed by atoms with Gasteiger partial charge in [-0.3, -0.25) is 4.57 Å². The van der Waals surface area contributed by atoms with Gasteiger partial charge in [0.2, 0.25) is 0 Å². The van der Waals surface area contributed by atoms with Crippen LogP contribution in [0.25, 0.3) is 11.0 Å². The Morgan fingerprint density at radius 2 is 2.25 bits per heavy atom. The average Bonchev–Trinajstić information content (AvgIpc) is 2.94. The molecular formula is C15H18N2O3. The van der Waals surface area contributed by atoms with Crippen LogP contribution in [-0.2, 0) is 6.54 Å². The minimum Gasteiger partial charge on any atom is -0.478 e. The third-order valence-corrected chi connectivity index (χ3v) is 4.27. The third kappa shape index (κ3) is 2.13. The molecule has 3 rings (SSSR count). The van der Waals surface area contributed by atoms with E-state index in [1.807, 2.05) is 0 Å². The van der Waals surface area contributed by atoms with Crippen LogP contribution in [0.1, 0.15) is 36.5 Å². The molecule has 106 valence electrons. The number of carboxylic acid groups (broad SMARTS) is 1. The molecule has 1 aliphatic rings. The molecule has 0 radical (unpaired) electrons. The van der Waals surface area contributed by atoms with E-state index < -0.39 is 5.97 Å². The Hall–Kier alpha value is -2.04. The van der Waals surface area contributed by atoms with Crippen molar-refractivity contribution in [1.29, 1.82) is 0 Å². The number of fused-ring (bicyclic) bond motifs is 1. The fourth-order valence-electron chi connectivity index (χ4n) is 3.32. The molecule has 0 aliphatic heterocycles. The van der Waals surface area contributed by atoms with Crippen LogP contribution >= 0.6 is 0 Å². The summed E-state index contributed by atoms with van der Waals surface area (Å²) in [7, 11) is 0. The zero-order valence-corrected chi connectivity index (χ0v) is 11.4. The predicted octanol–water partition coefficient (Wildman–Crippen LogP) is 2.46. The Morgan fingerprint density at radius 3 is 2.90 bits per heavy atom. The Balaban J connectivity index is 2.07. The van der Waals surface area contributed by atoms with E-state index in [1.54, 1.807) is 22.8 Å². The second-order valence-corrected chi connectivity index (χ2v) is 5.83. The number of hydrogen-bond acceptors (Lipinski definition) is 2. The molecule has 0 amide bonds. The predicted molar refractivity (Wildman–Crippen MR) is 76.0 cm³/mol. The Morgan fingerprint density at radius 1 is 1.45 bits per heavy atom. The van der Waals surface area contributed by atoms with Crippen molar-refractivity contribution in [1.82, 2.24) is 9.55 Å². The van der Waals surface area contributed by atoms with Gasteiger partial charge in [0.25, 0.3) is 0 Å². The summed E-state index contributed by atoms with van der Waals surface area (Å²) in [5, 5.41) is 9.29. The van der Waals surface area contributed by atoms with Crippen molar-refractivity contribution in [2.75, 3.05) is 0 Å². The quantitative estimate of drug-likeness (QED) is 0.902. The number of hydrogen-bond donors (Lipinski definition) is 2. The highest BCUT2D eigenvalue weighted by atomic mass is 16.4. The fraction of sp³-hybridized carbons (Fsp3) is 0.467. The van der Waals surface area contributed by atoms with Crippen LogP contribution in [0.2, 0.25) is 0 Å². The van der Waals surface area contributed by atoms with Gasteiger partial charge in [-0.2, -0.15) is 0 Å². The summed E-state index contributed by atoms with van der Waals surface area (Å²) in [6.07, 6.45) is 3.40. The van der Waals surface area contributed by atoms with Gasteiger partial charge in [0, 0.05) is 6.54 Å². The van der Waals surface area contributed by atoms with Gasteiger partial charge < -0.3 is 10.1 Å². The lowest BCUT2D eigenvalue weighted by Gasteiger charge is -2.11. The summed E-state index contributed by atoms with van der Waals surface area (Å²) in [5.74, 6) is 0.159. The molecule has 1 fully saturated rings. The van der Waals surface area contributed by atoms with E-state index in [4.69, 9.17) is 0 Å². The first-order valence-electron chi connectivity index (χ1n) is 7.01.